The molecule has 0 aliphatic carbocycles. The molecule has 0 aromatic carbocycles. The van der Waals surface area contributed by atoms with Gasteiger partial charge in [-0.1, -0.05) is 84.0 Å². The van der Waals surface area contributed by atoms with Crippen LogP contribution >= 0.6 is 0 Å². The Balaban J connectivity index is 2.93. The summed E-state index contributed by atoms with van der Waals surface area (Å²) in [6, 6.07) is 0. The van der Waals surface area contributed by atoms with Crippen LogP contribution in [0.25, 0.3) is 0 Å². The van der Waals surface area contributed by atoms with E-state index >= 15 is 0 Å². The van der Waals surface area contributed by atoms with Gasteiger partial charge in [-0.2, -0.15) is 0 Å². The molecule has 0 fully saturated rings. The van der Waals surface area contributed by atoms with E-state index in [2.05, 4.69) is 24.8 Å². The monoisotopic (exact) mass is 267 g/mol. The third-order valence-electron chi connectivity index (χ3n) is 3.67. The standard InChI is InChI=1S/C18H35O/c1-3-4-5-6-7-8-9-10-11-12-13-14-15-16-17-18-19-2/h17-18H,2-16H2,1H3. The van der Waals surface area contributed by atoms with E-state index < -0.39 is 0 Å². The number of allylic oxidation sites excluding steroid dienone is 1. The third kappa shape index (κ3) is 17.5. The number of rotatable bonds is 15. The van der Waals surface area contributed by atoms with Crippen LogP contribution in [-0.4, -0.2) is 0 Å². The molecule has 1 nitrogen and oxygen atoms in total. The average molecular weight is 267 g/mol. The summed E-state index contributed by atoms with van der Waals surface area (Å²) in [6.07, 6.45) is 23.3. The van der Waals surface area contributed by atoms with Gasteiger partial charge in [0.05, 0.1) is 6.26 Å². The second-order valence-electron chi connectivity index (χ2n) is 5.57. The minimum Gasteiger partial charge on any atom is -0.498 e. The summed E-state index contributed by atoms with van der Waals surface area (Å²) in [5, 5.41) is 0. The van der Waals surface area contributed by atoms with E-state index in [0.717, 1.165) is 6.42 Å². The van der Waals surface area contributed by atoms with Crippen molar-refractivity contribution in [3.05, 3.63) is 19.4 Å². The molecule has 0 aliphatic rings. The van der Waals surface area contributed by atoms with Crippen molar-refractivity contribution in [3.8, 4) is 0 Å². The number of hydrogen-bond acceptors (Lipinski definition) is 1. The zero-order chi connectivity index (χ0) is 14.0. The summed E-state index contributed by atoms with van der Waals surface area (Å²) in [4.78, 5) is 0. The van der Waals surface area contributed by atoms with Gasteiger partial charge in [0, 0.05) is 0 Å². The SMILES string of the molecule is [CH2]OC=CCCCCCCCCCCCCCCC. The van der Waals surface area contributed by atoms with Gasteiger partial charge in [0.2, 0.25) is 0 Å². The van der Waals surface area contributed by atoms with Crippen LogP contribution in [0.5, 0.6) is 0 Å². The van der Waals surface area contributed by atoms with Gasteiger partial charge in [0.15, 0.2) is 0 Å². The summed E-state index contributed by atoms with van der Waals surface area (Å²) in [6.45, 7) is 2.28. The lowest BCUT2D eigenvalue weighted by Gasteiger charge is -2.02. The highest BCUT2D eigenvalue weighted by Gasteiger charge is 1.93. The summed E-state index contributed by atoms with van der Waals surface area (Å²) in [5.74, 6) is 0. The van der Waals surface area contributed by atoms with Crippen LogP contribution in [-0.2, 0) is 4.74 Å². The van der Waals surface area contributed by atoms with Crippen LogP contribution in [0.15, 0.2) is 12.3 Å². The molecule has 0 aliphatic heterocycles. The molecule has 19 heavy (non-hydrogen) atoms. The second kappa shape index (κ2) is 17.5. The van der Waals surface area contributed by atoms with Gasteiger partial charge >= 0.3 is 0 Å². The van der Waals surface area contributed by atoms with Crippen molar-refractivity contribution >= 4 is 0 Å². The topological polar surface area (TPSA) is 9.23 Å². The Morgan fingerprint density at radius 1 is 0.684 bits per heavy atom. The smallest absolute Gasteiger partial charge is 0.121 e. The molecule has 0 amide bonds. The lowest BCUT2D eigenvalue weighted by molar-refractivity contribution is 0.391. The number of unbranched alkanes of at least 4 members (excludes halogenated alkanes) is 13. The van der Waals surface area contributed by atoms with Crippen LogP contribution in [0, 0.1) is 7.11 Å². The molecule has 0 N–H and O–H groups in total. The van der Waals surface area contributed by atoms with Gasteiger partial charge in [0.25, 0.3) is 0 Å². The third-order valence-corrected chi connectivity index (χ3v) is 3.67. The normalized spacial score (nSPS) is 11.3. The number of hydrogen-bond donors (Lipinski definition) is 0. The van der Waals surface area contributed by atoms with Gasteiger partial charge in [-0.15, -0.1) is 0 Å². The molecule has 0 atom stereocenters. The van der Waals surface area contributed by atoms with Crippen LogP contribution in [0.2, 0.25) is 0 Å². The lowest BCUT2D eigenvalue weighted by atomic mass is 10.0. The van der Waals surface area contributed by atoms with Gasteiger partial charge < -0.3 is 4.74 Å². The first kappa shape index (κ1) is 18.5. The molecule has 113 valence electrons. The van der Waals surface area contributed by atoms with E-state index in [9.17, 15) is 0 Å². The summed E-state index contributed by atoms with van der Waals surface area (Å²) >= 11 is 0. The second-order valence-corrected chi connectivity index (χ2v) is 5.57. The Hall–Kier alpha value is -0.460. The van der Waals surface area contributed by atoms with E-state index in [1.807, 2.05) is 0 Å². The molecule has 0 saturated carbocycles. The van der Waals surface area contributed by atoms with Crippen molar-refractivity contribution in [3.63, 3.8) is 0 Å². The molecule has 0 aromatic heterocycles. The highest BCUT2D eigenvalue weighted by molar-refractivity contribution is 4.72. The van der Waals surface area contributed by atoms with Crippen molar-refractivity contribution in [1.82, 2.24) is 0 Å². The largest absolute Gasteiger partial charge is 0.498 e. The molecule has 0 unspecified atom stereocenters. The van der Waals surface area contributed by atoms with Gasteiger partial charge in [-0.25, -0.2) is 0 Å². The van der Waals surface area contributed by atoms with Crippen molar-refractivity contribution in [2.24, 2.45) is 0 Å². The minimum atomic E-state index is 1.13. The molecule has 0 aromatic rings. The fourth-order valence-electron chi connectivity index (χ4n) is 2.42. The van der Waals surface area contributed by atoms with E-state index in [1.165, 1.54) is 83.5 Å². The molecule has 1 radical (unpaired) electrons. The van der Waals surface area contributed by atoms with E-state index in [4.69, 9.17) is 0 Å². The highest BCUT2D eigenvalue weighted by atomic mass is 16.5. The van der Waals surface area contributed by atoms with Gasteiger partial charge in [0.1, 0.15) is 7.11 Å². The summed E-state index contributed by atoms with van der Waals surface area (Å²) < 4.78 is 4.62. The Kier molecular flexibility index (Phi) is 17.1. The Morgan fingerprint density at radius 2 is 1.11 bits per heavy atom. The fourth-order valence-corrected chi connectivity index (χ4v) is 2.42. The Morgan fingerprint density at radius 3 is 1.53 bits per heavy atom. The summed E-state index contributed by atoms with van der Waals surface area (Å²) in [7, 11) is 3.30. The number of ether oxygens (including phenoxy) is 1. The summed E-state index contributed by atoms with van der Waals surface area (Å²) in [5.41, 5.74) is 0. The molecule has 0 spiro atoms. The molecule has 0 rings (SSSR count). The van der Waals surface area contributed by atoms with Crippen LogP contribution < -0.4 is 0 Å². The zero-order valence-corrected chi connectivity index (χ0v) is 13.2. The first-order valence-corrected chi connectivity index (χ1v) is 8.47. The van der Waals surface area contributed by atoms with E-state index in [1.54, 1.807) is 6.26 Å². The quantitative estimate of drug-likeness (QED) is 0.234. The minimum absolute atomic E-state index is 1.13. The molecular weight excluding hydrogens is 232 g/mol. The molecule has 0 saturated heterocycles. The average Bonchev–Trinajstić information content (AvgIpc) is 2.43. The van der Waals surface area contributed by atoms with Crippen molar-refractivity contribution in [2.45, 2.75) is 96.8 Å². The highest BCUT2D eigenvalue weighted by Crippen LogP contribution is 2.12. The van der Waals surface area contributed by atoms with Gasteiger partial charge in [-0.05, 0) is 18.9 Å². The van der Waals surface area contributed by atoms with Crippen LogP contribution in [0.3, 0.4) is 0 Å². The lowest BCUT2D eigenvalue weighted by Crippen LogP contribution is -1.82. The van der Waals surface area contributed by atoms with E-state index in [-0.39, 0.29) is 0 Å². The predicted molar refractivity (Wildman–Crippen MR) is 85.9 cm³/mol. The maximum atomic E-state index is 4.62. The molecule has 0 heterocycles. The predicted octanol–water partition coefficient (Wildman–Crippen LogP) is 6.79. The van der Waals surface area contributed by atoms with Crippen LogP contribution in [0.4, 0.5) is 0 Å². The van der Waals surface area contributed by atoms with Crippen molar-refractivity contribution < 1.29 is 4.74 Å². The van der Waals surface area contributed by atoms with Crippen LogP contribution in [0.1, 0.15) is 96.8 Å². The molecule has 1 heteroatoms. The maximum Gasteiger partial charge on any atom is 0.121 e. The van der Waals surface area contributed by atoms with E-state index in [0.29, 0.717) is 0 Å². The fraction of sp³-hybridized carbons (Fsp3) is 0.833. The Labute approximate surface area is 121 Å². The first-order valence-electron chi connectivity index (χ1n) is 8.47. The van der Waals surface area contributed by atoms with Crippen molar-refractivity contribution in [1.29, 1.82) is 0 Å². The zero-order valence-electron chi connectivity index (χ0n) is 13.2. The van der Waals surface area contributed by atoms with Gasteiger partial charge in [-0.3, -0.25) is 0 Å². The Bertz CT molecular complexity index is 175. The maximum absolute atomic E-state index is 4.62. The molecular formula is C18H35O. The first-order chi connectivity index (χ1) is 9.41. The molecule has 0 bridgehead atoms. The van der Waals surface area contributed by atoms with Crippen molar-refractivity contribution in [2.75, 3.05) is 0 Å².